The Morgan fingerprint density at radius 3 is 2.58 bits per heavy atom. The lowest BCUT2D eigenvalue weighted by molar-refractivity contribution is -0.127. The van der Waals surface area contributed by atoms with E-state index >= 15 is 0 Å². The molecule has 2 atom stereocenters. The largest absolute Gasteiger partial charge is 0.379 e. The molecule has 2 fully saturated rings. The van der Waals surface area contributed by atoms with Crippen LogP contribution in [0.4, 0.5) is 0 Å². The molecular weight excluding hydrogens is 330 g/mol. The monoisotopic (exact) mass is 365 g/mol. The van der Waals surface area contributed by atoms with E-state index in [4.69, 9.17) is 4.74 Å². The summed E-state index contributed by atoms with van der Waals surface area (Å²) in [5.41, 5.74) is 2.62. The highest BCUT2D eigenvalue weighted by Crippen LogP contribution is 2.24. The van der Waals surface area contributed by atoms with E-state index in [0.717, 1.165) is 32.6 Å². The molecule has 2 rings (SSSR count). The van der Waals surface area contributed by atoms with Gasteiger partial charge in [-0.25, -0.2) is 10.4 Å². The van der Waals surface area contributed by atoms with Gasteiger partial charge in [-0.05, 0) is 31.2 Å². The summed E-state index contributed by atoms with van der Waals surface area (Å²) < 4.78 is 5.39. The summed E-state index contributed by atoms with van der Waals surface area (Å²) >= 11 is 0. The molecule has 26 heavy (non-hydrogen) atoms. The van der Waals surface area contributed by atoms with Crippen LogP contribution >= 0.6 is 0 Å². The summed E-state index contributed by atoms with van der Waals surface area (Å²) in [5, 5.41) is 14.9. The molecule has 2 saturated heterocycles. The number of nitrogens with one attached hydrogen (secondary N) is 2. The summed E-state index contributed by atoms with van der Waals surface area (Å²) in [6.45, 7) is 13.9. The highest BCUT2D eigenvalue weighted by Gasteiger charge is 2.41. The summed E-state index contributed by atoms with van der Waals surface area (Å²) in [6.07, 6.45) is 2.45. The molecule has 2 N–H and O–H groups in total. The fourth-order valence-electron chi connectivity index (χ4n) is 3.66. The normalized spacial score (nSPS) is 26.4. The number of rotatable bonds is 7. The first-order valence-corrected chi connectivity index (χ1v) is 9.81. The van der Waals surface area contributed by atoms with E-state index in [-0.39, 0.29) is 17.4 Å². The molecule has 148 valence electrons. The highest BCUT2D eigenvalue weighted by molar-refractivity contribution is 5.83. The van der Waals surface area contributed by atoms with Gasteiger partial charge in [0.25, 0.3) is 0 Å². The molecule has 0 aliphatic carbocycles. The van der Waals surface area contributed by atoms with Crippen LogP contribution in [-0.4, -0.2) is 73.3 Å². The number of likely N-dealkylation sites (tertiary alicyclic amines) is 1. The van der Waals surface area contributed by atoms with Crippen LogP contribution < -0.4 is 10.7 Å². The molecule has 0 aromatic rings. The lowest BCUT2D eigenvalue weighted by Crippen LogP contribution is -2.60. The van der Waals surface area contributed by atoms with Gasteiger partial charge in [-0.3, -0.25) is 9.69 Å². The Bertz CT molecular complexity index is 507. The van der Waals surface area contributed by atoms with E-state index in [0.29, 0.717) is 32.6 Å². The van der Waals surface area contributed by atoms with Crippen LogP contribution in [0.25, 0.3) is 0 Å². The molecule has 2 aliphatic rings. The average molecular weight is 366 g/mol. The van der Waals surface area contributed by atoms with Crippen molar-refractivity contribution < 1.29 is 9.53 Å². The number of ether oxygens (including phenoxy) is 1. The minimum absolute atomic E-state index is 0.00498. The van der Waals surface area contributed by atoms with E-state index in [2.05, 4.69) is 54.4 Å². The molecule has 2 heterocycles. The maximum Gasteiger partial charge on any atom is 0.239 e. The van der Waals surface area contributed by atoms with Crippen molar-refractivity contribution in [1.29, 1.82) is 5.26 Å². The van der Waals surface area contributed by atoms with Crippen LogP contribution in [0.2, 0.25) is 0 Å². The maximum absolute atomic E-state index is 13.1. The first-order chi connectivity index (χ1) is 12.3. The van der Waals surface area contributed by atoms with Gasteiger partial charge in [0.1, 0.15) is 11.6 Å². The average Bonchev–Trinajstić information content (AvgIpc) is 2.98. The van der Waals surface area contributed by atoms with E-state index in [1.54, 1.807) is 0 Å². The molecule has 1 amide bonds. The molecule has 7 nitrogen and oxygen atoms in total. The van der Waals surface area contributed by atoms with Gasteiger partial charge in [-0.1, -0.05) is 27.7 Å². The van der Waals surface area contributed by atoms with Crippen molar-refractivity contribution in [2.75, 3.05) is 45.9 Å². The smallest absolute Gasteiger partial charge is 0.239 e. The fraction of sp³-hybridized carbons (Fsp3) is 0.895. The second-order valence-electron chi connectivity index (χ2n) is 8.76. The zero-order chi connectivity index (χ0) is 19.2. The summed E-state index contributed by atoms with van der Waals surface area (Å²) in [5.74, 6) is -0.0775. The number of morpholine rings is 1. The predicted molar refractivity (Wildman–Crippen MR) is 101 cm³/mol. The van der Waals surface area contributed by atoms with Gasteiger partial charge in [0, 0.05) is 26.2 Å². The van der Waals surface area contributed by atoms with Crippen molar-refractivity contribution in [2.24, 2.45) is 5.41 Å². The Morgan fingerprint density at radius 1 is 1.31 bits per heavy atom. The summed E-state index contributed by atoms with van der Waals surface area (Å²) in [4.78, 5) is 15.3. The lowest BCUT2D eigenvalue weighted by Gasteiger charge is -2.35. The second kappa shape index (κ2) is 9.14. The predicted octanol–water partition coefficient (Wildman–Crippen LogP) is 1.12. The first kappa shape index (κ1) is 21.1. The number of carbonyl (C=O) groups is 1. The maximum atomic E-state index is 13.1. The summed E-state index contributed by atoms with van der Waals surface area (Å²) in [6, 6.07) is 2.03. The SMILES string of the molecule is CCCN1CCC(C#N)(NC(=O)C(CC(C)(C)C)NN2CCOCC2)C1. The second-order valence-corrected chi connectivity index (χ2v) is 8.76. The number of carbonyl (C=O) groups excluding carboxylic acids is 1. The van der Waals surface area contributed by atoms with Crippen molar-refractivity contribution in [3.05, 3.63) is 0 Å². The highest BCUT2D eigenvalue weighted by atomic mass is 16.5. The lowest BCUT2D eigenvalue weighted by atomic mass is 9.87. The van der Waals surface area contributed by atoms with E-state index < -0.39 is 5.54 Å². The van der Waals surface area contributed by atoms with Gasteiger partial charge in [-0.15, -0.1) is 0 Å². The number of hydrogen-bond acceptors (Lipinski definition) is 6. The van der Waals surface area contributed by atoms with Gasteiger partial charge >= 0.3 is 0 Å². The molecular formula is C19H35N5O2. The van der Waals surface area contributed by atoms with Gasteiger partial charge < -0.3 is 10.1 Å². The Balaban J connectivity index is 2.03. The van der Waals surface area contributed by atoms with Crippen LogP contribution in [0.5, 0.6) is 0 Å². The Morgan fingerprint density at radius 2 is 2.00 bits per heavy atom. The van der Waals surface area contributed by atoms with Gasteiger partial charge in [0.15, 0.2) is 0 Å². The number of amides is 1. The van der Waals surface area contributed by atoms with Crippen LogP contribution in [-0.2, 0) is 9.53 Å². The molecule has 0 spiro atoms. The van der Waals surface area contributed by atoms with Crippen molar-refractivity contribution >= 4 is 5.91 Å². The third kappa shape index (κ3) is 6.20. The van der Waals surface area contributed by atoms with Crippen molar-refractivity contribution in [2.45, 2.75) is 58.5 Å². The Labute approximate surface area is 158 Å². The zero-order valence-corrected chi connectivity index (χ0v) is 16.8. The van der Waals surface area contributed by atoms with Crippen LogP contribution in [0.1, 0.15) is 47.0 Å². The number of hydrogen-bond donors (Lipinski definition) is 2. The standard InChI is InChI=1S/C19H35N5O2/c1-5-7-23-8-6-19(14-20,15-23)21-17(25)16(13-18(2,3)4)22-24-9-11-26-12-10-24/h16,22H,5-13,15H2,1-4H3,(H,21,25). The third-order valence-electron chi connectivity index (χ3n) is 4.95. The molecule has 7 heteroatoms. The molecule has 0 aromatic heterocycles. The van der Waals surface area contributed by atoms with Crippen molar-refractivity contribution in [3.8, 4) is 6.07 Å². The van der Waals surface area contributed by atoms with Crippen LogP contribution in [0.15, 0.2) is 0 Å². The van der Waals surface area contributed by atoms with E-state index in [1.807, 2.05) is 0 Å². The minimum atomic E-state index is -0.769. The Kier molecular flexibility index (Phi) is 7.42. The van der Waals surface area contributed by atoms with Gasteiger partial charge in [-0.2, -0.15) is 5.26 Å². The zero-order valence-electron chi connectivity index (χ0n) is 16.8. The molecule has 0 radical (unpaired) electrons. The van der Waals surface area contributed by atoms with Crippen LogP contribution in [0.3, 0.4) is 0 Å². The van der Waals surface area contributed by atoms with Crippen LogP contribution in [0, 0.1) is 16.7 Å². The minimum Gasteiger partial charge on any atom is -0.379 e. The van der Waals surface area contributed by atoms with E-state index in [1.165, 1.54) is 0 Å². The summed E-state index contributed by atoms with van der Waals surface area (Å²) in [7, 11) is 0. The number of nitrogens with zero attached hydrogens (tertiary/aromatic N) is 3. The Hall–Kier alpha value is -1.20. The number of hydrazine groups is 1. The van der Waals surface area contributed by atoms with Crippen molar-refractivity contribution in [1.82, 2.24) is 20.7 Å². The third-order valence-corrected chi connectivity index (χ3v) is 4.95. The fourth-order valence-corrected chi connectivity index (χ4v) is 3.66. The molecule has 2 aliphatic heterocycles. The van der Waals surface area contributed by atoms with Gasteiger partial charge in [0.05, 0.1) is 19.3 Å². The molecule has 2 unspecified atom stereocenters. The quantitative estimate of drug-likeness (QED) is 0.704. The molecule has 0 aromatic carbocycles. The van der Waals surface area contributed by atoms with Crippen molar-refractivity contribution in [3.63, 3.8) is 0 Å². The van der Waals surface area contributed by atoms with E-state index in [9.17, 15) is 10.1 Å². The first-order valence-electron chi connectivity index (χ1n) is 9.81. The molecule has 0 bridgehead atoms. The molecule has 0 saturated carbocycles. The topological polar surface area (TPSA) is 80.6 Å². The van der Waals surface area contributed by atoms with Gasteiger partial charge in [0.2, 0.25) is 5.91 Å². The number of nitriles is 1.